The number of hydrogen-bond acceptors (Lipinski definition) is 4. The van der Waals surface area contributed by atoms with E-state index in [2.05, 4.69) is 22.4 Å². The largest absolute Gasteiger partial charge is 0.364 e. The van der Waals surface area contributed by atoms with Crippen molar-refractivity contribution in [2.45, 2.75) is 13.3 Å². The van der Waals surface area contributed by atoms with E-state index in [4.69, 9.17) is 5.53 Å². The maximum Gasteiger partial charge on any atom is 0.170 e. The van der Waals surface area contributed by atoms with Crippen molar-refractivity contribution in [2.75, 3.05) is 13.3 Å². The predicted octanol–water partition coefficient (Wildman–Crippen LogP) is 0.906. The highest BCUT2D eigenvalue weighted by Gasteiger charge is 1.79. The average Bonchev–Trinajstić information content (AvgIpc) is 1.81. The molecular formula is C4H11N3O. The highest BCUT2D eigenvalue weighted by molar-refractivity contribution is 4.32. The Kier molecular flexibility index (Phi) is 5.85. The normalized spacial score (nSPS) is 8.62. The van der Waals surface area contributed by atoms with Gasteiger partial charge >= 0.3 is 0 Å². The minimum Gasteiger partial charge on any atom is -0.364 e. The average molecular weight is 117 g/mol. The minimum atomic E-state index is 0.345. The molecule has 0 unspecified atom stereocenters. The van der Waals surface area contributed by atoms with E-state index in [0.29, 0.717) is 6.73 Å². The molecule has 0 amide bonds. The second-order valence-electron chi connectivity index (χ2n) is 1.36. The first-order valence-corrected chi connectivity index (χ1v) is 2.61. The van der Waals surface area contributed by atoms with Gasteiger partial charge in [-0.3, -0.25) is 5.32 Å². The summed E-state index contributed by atoms with van der Waals surface area (Å²) in [5, 5.41) is 5.59. The maximum absolute atomic E-state index is 6.20. The van der Waals surface area contributed by atoms with E-state index in [-0.39, 0.29) is 0 Å². The Morgan fingerprint density at radius 2 is 2.50 bits per heavy atom. The molecule has 0 aliphatic heterocycles. The second-order valence-corrected chi connectivity index (χ2v) is 1.36. The monoisotopic (exact) mass is 117 g/mol. The number of rotatable bonds is 5. The van der Waals surface area contributed by atoms with Gasteiger partial charge in [0.25, 0.3) is 0 Å². The lowest BCUT2D eigenvalue weighted by Crippen LogP contribution is -2.16. The van der Waals surface area contributed by atoms with Crippen LogP contribution in [0.15, 0.2) is 5.28 Å². The fourth-order valence-corrected chi connectivity index (χ4v) is 0.327. The van der Waals surface area contributed by atoms with Crippen molar-refractivity contribution in [3.8, 4) is 0 Å². The van der Waals surface area contributed by atoms with Gasteiger partial charge in [-0.15, -0.1) is 0 Å². The summed E-state index contributed by atoms with van der Waals surface area (Å²) >= 11 is 0. The number of nitrogens with zero attached hydrogens (tertiary/aromatic N) is 1. The summed E-state index contributed by atoms with van der Waals surface area (Å²) in [5.41, 5.74) is 6.20. The number of hydrogen-bond donors (Lipinski definition) is 2. The third-order valence-electron chi connectivity index (χ3n) is 0.658. The van der Waals surface area contributed by atoms with E-state index in [0.717, 1.165) is 13.0 Å². The molecule has 0 aromatic heterocycles. The van der Waals surface area contributed by atoms with Crippen LogP contribution in [-0.4, -0.2) is 13.3 Å². The molecule has 0 aromatic rings. The quantitative estimate of drug-likeness (QED) is 0.243. The summed E-state index contributed by atoms with van der Waals surface area (Å²) in [6.45, 7) is 3.32. The Morgan fingerprint density at radius 1 is 1.75 bits per heavy atom. The minimum absolute atomic E-state index is 0.345. The van der Waals surface area contributed by atoms with Gasteiger partial charge in [0.2, 0.25) is 0 Å². The van der Waals surface area contributed by atoms with Crippen molar-refractivity contribution in [3.05, 3.63) is 0 Å². The van der Waals surface area contributed by atoms with Crippen molar-refractivity contribution in [1.29, 1.82) is 5.53 Å². The maximum atomic E-state index is 6.20. The molecule has 48 valence electrons. The molecular weight excluding hydrogens is 106 g/mol. The van der Waals surface area contributed by atoms with Crippen LogP contribution in [0.4, 0.5) is 0 Å². The van der Waals surface area contributed by atoms with Crippen LogP contribution < -0.4 is 5.32 Å². The van der Waals surface area contributed by atoms with Crippen LogP contribution in [0.25, 0.3) is 0 Å². The van der Waals surface area contributed by atoms with E-state index in [1.54, 1.807) is 0 Å². The SMILES string of the molecule is CCCNCON=N. The van der Waals surface area contributed by atoms with E-state index < -0.39 is 0 Å². The standard InChI is InChI=1S/C4H11N3O/c1-2-3-6-4-8-7-5/h5-6H,2-4H2,1H3. The fourth-order valence-electron chi connectivity index (χ4n) is 0.327. The van der Waals surface area contributed by atoms with Gasteiger partial charge in [-0.2, -0.15) is 5.53 Å². The molecule has 0 aliphatic rings. The Labute approximate surface area is 48.7 Å². The zero-order valence-corrected chi connectivity index (χ0v) is 4.98. The Morgan fingerprint density at radius 3 is 3.00 bits per heavy atom. The first kappa shape index (κ1) is 7.36. The van der Waals surface area contributed by atoms with Gasteiger partial charge in [0.05, 0.1) is 0 Å². The zero-order valence-electron chi connectivity index (χ0n) is 4.98. The van der Waals surface area contributed by atoms with Crippen LogP contribution in [-0.2, 0) is 4.84 Å². The lowest BCUT2D eigenvalue weighted by Gasteiger charge is -1.96. The zero-order chi connectivity index (χ0) is 6.24. The highest BCUT2D eigenvalue weighted by Crippen LogP contribution is 1.71. The smallest absolute Gasteiger partial charge is 0.170 e. The van der Waals surface area contributed by atoms with Crippen molar-refractivity contribution in [2.24, 2.45) is 5.28 Å². The molecule has 2 N–H and O–H groups in total. The molecule has 0 rings (SSSR count). The lowest BCUT2D eigenvalue weighted by atomic mass is 10.5. The summed E-state index contributed by atoms with van der Waals surface area (Å²) in [6, 6.07) is 0. The number of nitrogens with one attached hydrogen (secondary N) is 2. The highest BCUT2D eigenvalue weighted by atomic mass is 16.6. The lowest BCUT2D eigenvalue weighted by molar-refractivity contribution is 0.100. The molecule has 4 heteroatoms. The molecule has 0 spiro atoms. The van der Waals surface area contributed by atoms with Crippen molar-refractivity contribution >= 4 is 0 Å². The first-order valence-electron chi connectivity index (χ1n) is 2.61. The van der Waals surface area contributed by atoms with Gasteiger partial charge in [-0.05, 0) is 13.0 Å². The van der Waals surface area contributed by atoms with Gasteiger partial charge < -0.3 is 4.84 Å². The van der Waals surface area contributed by atoms with Gasteiger partial charge in [-0.25, -0.2) is 0 Å². The molecule has 0 aliphatic carbocycles. The summed E-state index contributed by atoms with van der Waals surface area (Å²) in [4.78, 5) is 4.32. The molecule has 0 radical (unpaired) electrons. The van der Waals surface area contributed by atoms with Crippen LogP contribution in [0.3, 0.4) is 0 Å². The molecule has 0 saturated heterocycles. The summed E-state index contributed by atoms with van der Waals surface area (Å²) in [6.07, 6.45) is 1.07. The second kappa shape index (κ2) is 6.36. The van der Waals surface area contributed by atoms with Gasteiger partial charge in [0.1, 0.15) is 0 Å². The van der Waals surface area contributed by atoms with Crippen molar-refractivity contribution in [1.82, 2.24) is 5.32 Å². The van der Waals surface area contributed by atoms with Crippen LogP contribution in [0.5, 0.6) is 0 Å². The third-order valence-corrected chi connectivity index (χ3v) is 0.658. The Hall–Kier alpha value is -0.640. The van der Waals surface area contributed by atoms with E-state index in [1.165, 1.54) is 0 Å². The fraction of sp³-hybridized carbons (Fsp3) is 1.00. The van der Waals surface area contributed by atoms with E-state index in [9.17, 15) is 0 Å². The van der Waals surface area contributed by atoms with Crippen molar-refractivity contribution < 1.29 is 4.84 Å². The van der Waals surface area contributed by atoms with Crippen molar-refractivity contribution in [3.63, 3.8) is 0 Å². The van der Waals surface area contributed by atoms with Crippen LogP contribution >= 0.6 is 0 Å². The van der Waals surface area contributed by atoms with Crippen LogP contribution in [0.1, 0.15) is 13.3 Å². The molecule has 4 nitrogen and oxygen atoms in total. The molecule has 0 saturated carbocycles. The molecule has 8 heavy (non-hydrogen) atoms. The topological polar surface area (TPSA) is 57.5 Å². The summed E-state index contributed by atoms with van der Waals surface area (Å²) in [7, 11) is 0. The van der Waals surface area contributed by atoms with E-state index in [1.807, 2.05) is 0 Å². The first-order chi connectivity index (χ1) is 3.91. The molecule has 0 fully saturated rings. The Bertz CT molecular complexity index is 57.2. The molecule has 0 bridgehead atoms. The van der Waals surface area contributed by atoms with E-state index >= 15 is 0 Å². The van der Waals surface area contributed by atoms with Gasteiger partial charge in [-0.1, -0.05) is 6.92 Å². The molecule has 0 atom stereocenters. The van der Waals surface area contributed by atoms with Crippen LogP contribution in [0.2, 0.25) is 0 Å². The van der Waals surface area contributed by atoms with Crippen LogP contribution in [0, 0.1) is 5.53 Å². The third kappa shape index (κ3) is 5.36. The summed E-state index contributed by atoms with van der Waals surface area (Å²) in [5.74, 6) is 0. The predicted molar refractivity (Wildman–Crippen MR) is 29.4 cm³/mol. The van der Waals surface area contributed by atoms with Gasteiger partial charge in [0, 0.05) is 5.28 Å². The molecule has 0 heterocycles. The summed E-state index contributed by atoms with van der Waals surface area (Å²) < 4.78 is 0. The van der Waals surface area contributed by atoms with Gasteiger partial charge in [0.15, 0.2) is 6.73 Å². The Balaban J connectivity index is 2.62. The molecule has 0 aromatic carbocycles.